The Morgan fingerprint density at radius 2 is 1.44 bits per heavy atom. The summed E-state index contributed by atoms with van der Waals surface area (Å²) in [6.45, 7) is -0.820. The van der Waals surface area contributed by atoms with E-state index in [1.807, 2.05) is 0 Å². The van der Waals surface area contributed by atoms with Crippen LogP contribution in [0.15, 0.2) is 75.9 Å². The molecule has 16 heteroatoms. The number of rotatable bonds is 6. The van der Waals surface area contributed by atoms with Gasteiger partial charge in [0.1, 0.15) is 87.3 Å². The summed E-state index contributed by atoms with van der Waals surface area (Å²) >= 11 is 0. The Morgan fingerprint density at radius 1 is 0.712 bits per heavy atom. The van der Waals surface area contributed by atoms with Gasteiger partial charge >= 0.3 is 0 Å². The van der Waals surface area contributed by atoms with E-state index in [0.717, 1.165) is 36.4 Å². The molecule has 0 amide bonds. The fraction of sp³-hybridized carbons (Fsp3) is 0.222. The number of aliphatic hydroxyl groups is 4. The van der Waals surface area contributed by atoms with Crippen molar-refractivity contribution in [3.8, 4) is 57.3 Å². The molecule has 4 aromatic carbocycles. The summed E-state index contributed by atoms with van der Waals surface area (Å²) in [6.07, 6.45) is -10.4. The highest BCUT2D eigenvalue weighted by molar-refractivity contribution is 6.09. The first-order chi connectivity index (χ1) is 24.8. The molecular weight excluding hydrogens is 688 g/mol. The van der Waals surface area contributed by atoms with Gasteiger partial charge in [-0.15, -0.1) is 0 Å². The summed E-state index contributed by atoms with van der Waals surface area (Å²) in [7, 11) is 0. The predicted molar refractivity (Wildman–Crippen MR) is 176 cm³/mol. The van der Waals surface area contributed by atoms with Crippen LogP contribution in [0.25, 0.3) is 22.3 Å². The smallest absolute Gasteiger partial charge is 0.229 e. The summed E-state index contributed by atoms with van der Waals surface area (Å²) < 4.78 is 24.0. The largest absolute Gasteiger partial charge is 0.508 e. The van der Waals surface area contributed by atoms with Crippen LogP contribution in [-0.2, 0) is 4.74 Å². The second-order valence-corrected chi connectivity index (χ2v) is 12.3. The second kappa shape index (κ2) is 12.9. The number of phenolic OH excluding ortho intramolecular Hbond substituents is 6. The van der Waals surface area contributed by atoms with Gasteiger partial charge in [-0.3, -0.25) is 9.59 Å². The Morgan fingerprint density at radius 3 is 2.13 bits per heavy atom. The monoisotopic (exact) mass is 718 g/mol. The van der Waals surface area contributed by atoms with E-state index in [9.17, 15) is 60.7 Å². The number of hydrogen-bond donors (Lipinski definition) is 10. The van der Waals surface area contributed by atoms with Gasteiger partial charge in [0.25, 0.3) is 0 Å². The fourth-order valence-electron chi connectivity index (χ4n) is 6.44. The van der Waals surface area contributed by atoms with Crippen LogP contribution in [0.4, 0.5) is 0 Å². The maximum atomic E-state index is 14.7. The summed E-state index contributed by atoms with van der Waals surface area (Å²) in [6, 6.07) is 12.8. The number of phenols is 6. The highest BCUT2D eigenvalue weighted by atomic mass is 16.7. The highest BCUT2D eigenvalue weighted by Gasteiger charge is 2.48. The number of hydrogen-bond acceptors (Lipinski definition) is 16. The minimum atomic E-state index is -1.97. The minimum Gasteiger partial charge on any atom is -0.508 e. The molecule has 3 heterocycles. The molecule has 0 aliphatic carbocycles. The number of aliphatic hydroxyl groups excluding tert-OH is 4. The van der Waals surface area contributed by atoms with Gasteiger partial charge in [0.2, 0.25) is 6.29 Å². The molecule has 52 heavy (non-hydrogen) atoms. The van der Waals surface area contributed by atoms with E-state index in [4.69, 9.17) is 18.6 Å². The van der Waals surface area contributed by atoms with Crippen LogP contribution in [0.5, 0.6) is 46.0 Å². The maximum Gasteiger partial charge on any atom is 0.229 e. The first kappa shape index (κ1) is 34.4. The number of ether oxygens (including phenoxy) is 3. The lowest BCUT2D eigenvalue weighted by atomic mass is 9.79. The van der Waals surface area contributed by atoms with Gasteiger partial charge in [-0.05, 0) is 35.9 Å². The average Bonchev–Trinajstić information content (AvgIpc) is 3.10. The van der Waals surface area contributed by atoms with Crippen molar-refractivity contribution in [1.29, 1.82) is 0 Å². The van der Waals surface area contributed by atoms with Crippen molar-refractivity contribution in [2.45, 2.75) is 42.7 Å². The van der Waals surface area contributed by atoms with Crippen LogP contribution in [0, 0.1) is 0 Å². The molecule has 10 N–H and O–H groups in total. The number of fused-ring (bicyclic) bond motifs is 2. The molecule has 1 aromatic heterocycles. The zero-order valence-electron chi connectivity index (χ0n) is 26.5. The van der Waals surface area contributed by atoms with Crippen LogP contribution in [0.3, 0.4) is 0 Å². The molecule has 2 aliphatic rings. The number of carbonyl (C=O) groups excluding carboxylic acids is 1. The second-order valence-electron chi connectivity index (χ2n) is 12.3. The van der Waals surface area contributed by atoms with Crippen molar-refractivity contribution in [3.05, 3.63) is 93.6 Å². The van der Waals surface area contributed by atoms with E-state index in [1.54, 1.807) is 0 Å². The topological polar surface area (TPSA) is 277 Å². The van der Waals surface area contributed by atoms with Gasteiger partial charge in [-0.25, -0.2) is 0 Å². The molecule has 16 nitrogen and oxygen atoms in total. The van der Waals surface area contributed by atoms with Crippen molar-refractivity contribution in [2.24, 2.45) is 0 Å². The molecule has 2 aliphatic heterocycles. The first-order valence-electron chi connectivity index (χ1n) is 15.7. The lowest BCUT2D eigenvalue weighted by Gasteiger charge is -2.40. The zero-order valence-corrected chi connectivity index (χ0v) is 26.5. The van der Waals surface area contributed by atoms with Crippen molar-refractivity contribution in [2.75, 3.05) is 6.61 Å². The van der Waals surface area contributed by atoms with Crippen LogP contribution in [0.2, 0.25) is 0 Å². The SMILES string of the molecule is O=C1c2c(O)cc(O)cc2O[C@H](c2ccc(O)cc2)[C@H]1c1c(O[C@H]2O[C@@H](CO)[C@H](O)[C@H](O)[C@H]2O)cc(O)c2c(=O)cc(-c3ccc(O)c(O)c3)oc12. The lowest BCUT2D eigenvalue weighted by molar-refractivity contribution is -0.277. The van der Waals surface area contributed by atoms with Gasteiger partial charge in [0, 0.05) is 29.8 Å². The summed E-state index contributed by atoms with van der Waals surface area (Å²) in [5, 5.41) is 103. The Hall–Kier alpha value is -6.04. The van der Waals surface area contributed by atoms with Gasteiger partial charge in [-0.1, -0.05) is 12.1 Å². The molecule has 0 unspecified atom stereocenters. The van der Waals surface area contributed by atoms with Gasteiger partial charge in [-0.2, -0.15) is 0 Å². The average molecular weight is 719 g/mol. The van der Waals surface area contributed by atoms with Gasteiger partial charge in [0.15, 0.2) is 22.7 Å². The molecular formula is C36H30O16. The fourth-order valence-corrected chi connectivity index (χ4v) is 6.44. The number of ketones is 1. The molecule has 0 spiro atoms. The molecule has 270 valence electrons. The van der Waals surface area contributed by atoms with Gasteiger partial charge < -0.3 is 69.7 Å². The van der Waals surface area contributed by atoms with Crippen molar-refractivity contribution in [1.82, 2.24) is 0 Å². The quantitative estimate of drug-likeness (QED) is 0.112. The van der Waals surface area contributed by atoms with Gasteiger partial charge in [0.05, 0.1) is 18.1 Å². The molecule has 7 rings (SSSR count). The summed E-state index contributed by atoms with van der Waals surface area (Å²) in [5.41, 5.74) is -1.75. The van der Waals surface area contributed by atoms with E-state index >= 15 is 0 Å². The maximum absolute atomic E-state index is 14.7. The third kappa shape index (κ3) is 5.73. The molecule has 0 radical (unpaired) electrons. The van der Waals surface area contributed by atoms with Crippen LogP contribution in [0.1, 0.15) is 33.5 Å². The van der Waals surface area contributed by atoms with Crippen LogP contribution >= 0.6 is 0 Å². The number of Topliss-reactive ketones (excluding diaryl/α,β-unsaturated/α-hetero) is 1. The summed E-state index contributed by atoms with van der Waals surface area (Å²) in [4.78, 5) is 28.4. The Labute approximate surface area is 291 Å². The Bertz CT molecular complexity index is 2260. The molecule has 1 saturated heterocycles. The Balaban J connectivity index is 1.53. The van der Waals surface area contributed by atoms with Crippen molar-refractivity contribution in [3.63, 3.8) is 0 Å². The Kier molecular flexibility index (Phi) is 8.56. The van der Waals surface area contributed by atoms with Crippen LogP contribution < -0.4 is 14.9 Å². The first-order valence-corrected chi connectivity index (χ1v) is 15.7. The minimum absolute atomic E-state index is 0.0692. The number of benzene rings is 4. The normalized spacial score (nSPS) is 24.3. The highest BCUT2D eigenvalue weighted by Crippen LogP contribution is 2.52. The predicted octanol–water partition coefficient (Wildman–Crippen LogP) is 1.97. The molecule has 0 saturated carbocycles. The van der Waals surface area contributed by atoms with Crippen molar-refractivity contribution >= 4 is 16.8 Å². The molecule has 7 atom stereocenters. The molecule has 5 aromatic rings. The standard InChI is InChI=1S/C36H30O16/c37-12-25-30(45)32(47)33(48)36(52-25)51-24-11-21(44)26-20(43)10-22(14-3-6-17(40)18(41)7-14)49-35(26)28(24)29-31(46)27-19(42)8-16(39)9-23(27)50-34(29)13-1-4-15(38)5-2-13/h1-11,25,29-30,32-34,36-42,44-45,47-48H,12H2/t25-,29-,30-,32-,33+,34+,36-/m0/s1. The van der Waals surface area contributed by atoms with Crippen LogP contribution in [-0.4, -0.2) is 94.2 Å². The van der Waals surface area contributed by atoms with E-state index in [1.165, 1.54) is 30.3 Å². The van der Waals surface area contributed by atoms with Crippen molar-refractivity contribution < 1.29 is 74.5 Å². The lowest BCUT2D eigenvalue weighted by Crippen LogP contribution is -2.60. The summed E-state index contributed by atoms with van der Waals surface area (Å²) in [5.74, 6) is -6.56. The number of aromatic hydroxyl groups is 6. The van der Waals surface area contributed by atoms with E-state index in [2.05, 4.69) is 0 Å². The third-order valence-electron chi connectivity index (χ3n) is 9.02. The zero-order chi connectivity index (χ0) is 37.2. The van der Waals surface area contributed by atoms with E-state index < -0.39 is 112 Å². The third-order valence-corrected chi connectivity index (χ3v) is 9.02. The van der Waals surface area contributed by atoms with E-state index in [-0.39, 0.29) is 33.9 Å². The van der Waals surface area contributed by atoms with E-state index in [0.29, 0.717) is 0 Å². The molecule has 1 fully saturated rings. The molecule has 0 bridgehead atoms. The number of carbonyl (C=O) groups is 1.